The summed E-state index contributed by atoms with van der Waals surface area (Å²) in [6.45, 7) is 2.42. The lowest BCUT2D eigenvalue weighted by atomic mass is 9.83. The van der Waals surface area contributed by atoms with E-state index in [1.165, 1.54) is 77.3 Å². The molecule has 250 valence electrons. The van der Waals surface area contributed by atoms with E-state index in [9.17, 15) is 9.59 Å². The first-order chi connectivity index (χ1) is 23.1. The van der Waals surface area contributed by atoms with Crippen LogP contribution in [0.15, 0.2) is 48.5 Å². The van der Waals surface area contributed by atoms with E-state index >= 15 is 0 Å². The Hall–Kier alpha value is -2.70. The Morgan fingerprint density at radius 1 is 0.511 bits per heavy atom. The van der Waals surface area contributed by atoms with Crippen LogP contribution in [0.4, 0.5) is 0 Å². The van der Waals surface area contributed by atoms with Gasteiger partial charge in [0, 0.05) is 36.3 Å². The Morgan fingerprint density at radius 2 is 0.851 bits per heavy atom. The summed E-state index contributed by atoms with van der Waals surface area (Å²) in [5, 5.41) is 6.70. The third-order valence-electron chi connectivity index (χ3n) is 13.9. The molecule has 0 spiro atoms. The van der Waals surface area contributed by atoms with Crippen molar-refractivity contribution < 1.29 is 9.59 Å². The fraction of sp³-hybridized carbons (Fsp3) is 0.659. The van der Waals surface area contributed by atoms with Crippen LogP contribution in [0.25, 0.3) is 0 Å². The van der Waals surface area contributed by atoms with Gasteiger partial charge >= 0.3 is 0 Å². The molecule has 4 aliphatic heterocycles. The number of nitrogens with one attached hydrogen (secondary N) is 2. The number of nitrogens with zero attached hydrogens (tertiary/aromatic N) is 2. The number of hydrogen-bond acceptors (Lipinski definition) is 4. The number of benzene rings is 2. The lowest BCUT2D eigenvalue weighted by Gasteiger charge is -2.31. The first-order valence-corrected chi connectivity index (χ1v) is 19.4. The van der Waals surface area contributed by atoms with Crippen molar-refractivity contribution in [2.45, 2.75) is 133 Å². The molecular formula is C41H54N4O2. The summed E-state index contributed by atoms with van der Waals surface area (Å²) >= 11 is 0. The number of fused-ring (bicyclic) bond motifs is 10. The van der Waals surface area contributed by atoms with Crippen LogP contribution in [0.5, 0.6) is 0 Å². The van der Waals surface area contributed by atoms with Crippen LogP contribution in [-0.4, -0.2) is 46.8 Å². The zero-order chi connectivity index (χ0) is 31.5. The molecular weight excluding hydrogens is 580 g/mol. The predicted octanol–water partition coefficient (Wildman–Crippen LogP) is 7.54. The molecule has 3 saturated carbocycles. The van der Waals surface area contributed by atoms with Crippen LogP contribution in [0.3, 0.4) is 0 Å². The van der Waals surface area contributed by atoms with Crippen LogP contribution in [0.1, 0.15) is 143 Å². The molecule has 4 bridgehead atoms. The Labute approximate surface area is 281 Å². The largest absolute Gasteiger partial charge is 0.353 e. The summed E-state index contributed by atoms with van der Waals surface area (Å²) in [6, 6.07) is 21.3. The summed E-state index contributed by atoms with van der Waals surface area (Å²) < 4.78 is 0. The molecule has 6 atom stereocenters. The van der Waals surface area contributed by atoms with Crippen LogP contribution in [-0.2, 0) is 9.59 Å². The number of amides is 2. The minimum atomic E-state index is -0.115. The predicted molar refractivity (Wildman–Crippen MR) is 184 cm³/mol. The standard InChI is InChI=1S/C41H54N4O2/c46-40(42-28-13-9-26(10-14-28)21-23-44-36-17-18-37(44)31-6-2-1-5-30(31)36)34-25-35(34)41(47)43-29-15-11-27(12-16-29)22-24-45-38-19-20-39(45)33-8-4-3-7-32(33)38/h1-8,26-29,34-39H,9-25H2,(H,42,46)(H,43,47)/t26?,27?,28?,29?,34?,35?,36-,37+,38-,39+. The Bertz CT molecular complexity index is 1300. The van der Waals surface area contributed by atoms with Crippen molar-refractivity contribution in [3.8, 4) is 0 Å². The summed E-state index contributed by atoms with van der Waals surface area (Å²) in [5.74, 6) is 1.57. The lowest BCUT2D eigenvalue weighted by molar-refractivity contribution is -0.128. The second-order valence-electron chi connectivity index (χ2n) is 16.4. The van der Waals surface area contributed by atoms with E-state index in [0.29, 0.717) is 24.2 Å². The van der Waals surface area contributed by atoms with Gasteiger partial charge in [-0.3, -0.25) is 19.4 Å². The van der Waals surface area contributed by atoms with Gasteiger partial charge in [-0.1, -0.05) is 48.5 Å². The topological polar surface area (TPSA) is 64.7 Å². The average molecular weight is 635 g/mol. The molecule has 5 fully saturated rings. The van der Waals surface area contributed by atoms with Gasteiger partial charge in [0.05, 0.1) is 11.8 Å². The first kappa shape index (κ1) is 30.4. The highest BCUT2D eigenvalue weighted by Crippen LogP contribution is 2.54. The van der Waals surface area contributed by atoms with E-state index in [1.54, 1.807) is 22.3 Å². The molecule has 2 aromatic carbocycles. The zero-order valence-electron chi connectivity index (χ0n) is 28.1. The molecule has 0 radical (unpaired) electrons. The second kappa shape index (κ2) is 12.6. The van der Waals surface area contributed by atoms with Gasteiger partial charge in [0.1, 0.15) is 0 Å². The SMILES string of the molecule is O=C(NC1CCC(CCN2[C@@H]3CC[C@H]2c2ccccc23)CC1)C1CC1C(=O)NC1CCC(CCN2[C@@H]3CC[C@H]2c2ccccc23)CC1. The Balaban J connectivity index is 0.659. The quantitative estimate of drug-likeness (QED) is 0.284. The molecule has 7 aliphatic rings. The fourth-order valence-corrected chi connectivity index (χ4v) is 11.2. The van der Waals surface area contributed by atoms with E-state index in [-0.39, 0.29) is 35.7 Å². The Morgan fingerprint density at radius 3 is 1.19 bits per heavy atom. The molecule has 3 aliphatic carbocycles. The van der Waals surface area contributed by atoms with Gasteiger partial charge in [-0.15, -0.1) is 0 Å². The Kier molecular flexibility index (Phi) is 8.16. The molecule has 2 saturated heterocycles. The van der Waals surface area contributed by atoms with E-state index in [2.05, 4.69) is 69.0 Å². The fourth-order valence-electron chi connectivity index (χ4n) is 11.2. The number of hydrogen-bond donors (Lipinski definition) is 2. The van der Waals surface area contributed by atoms with E-state index < -0.39 is 0 Å². The molecule has 9 rings (SSSR count). The third kappa shape index (κ3) is 5.75. The van der Waals surface area contributed by atoms with Crippen molar-refractivity contribution in [2.75, 3.05) is 13.1 Å². The van der Waals surface area contributed by atoms with Gasteiger partial charge in [0.25, 0.3) is 0 Å². The maximum absolute atomic E-state index is 13.1. The second-order valence-corrected chi connectivity index (χ2v) is 16.4. The maximum Gasteiger partial charge on any atom is 0.224 e. The highest BCUT2D eigenvalue weighted by Gasteiger charge is 2.49. The highest BCUT2D eigenvalue weighted by atomic mass is 16.2. The molecule has 2 N–H and O–H groups in total. The molecule has 6 heteroatoms. The van der Waals surface area contributed by atoms with Gasteiger partial charge < -0.3 is 10.6 Å². The number of carbonyl (C=O) groups excluding carboxylic acids is 2. The van der Waals surface area contributed by atoms with E-state index in [1.807, 2.05) is 0 Å². The number of rotatable bonds is 10. The molecule has 2 amide bonds. The van der Waals surface area contributed by atoms with Gasteiger partial charge in [0.2, 0.25) is 11.8 Å². The maximum atomic E-state index is 13.1. The van der Waals surface area contributed by atoms with Crippen LogP contribution < -0.4 is 10.6 Å². The highest BCUT2D eigenvalue weighted by molar-refractivity contribution is 5.92. The van der Waals surface area contributed by atoms with Crippen molar-refractivity contribution in [1.29, 1.82) is 0 Å². The summed E-state index contributed by atoms with van der Waals surface area (Å²) in [7, 11) is 0. The van der Waals surface area contributed by atoms with Crippen molar-refractivity contribution in [2.24, 2.45) is 23.7 Å². The van der Waals surface area contributed by atoms with Crippen molar-refractivity contribution >= 4 is 11.8 Å². The smallest absolute Gasteiger partial charge is 0.224 e. The number of carbonyl (C=O) groups is 2. The minimum absolute atomic E-state index is 0.115. The van der Waals surface area contributed by atoms with Gasteiger partial charge in [-0.2, -0.15) is 0 Å². The monoisotopic (exact) mass is 634 g/mol. The van der Waals surface area contributed by atoms with Crippen molar-refractivity contribution in [3.63, 3.8) is 0 Å². The summed E-state index contributed by atoms with van der Waals surface area (Å²) in [5.41, 5.74) is 6.32. The lowest BCUT2D eigenvalue weighted by Crippen LogP contribution is -2.41. The minimum Gasteiger partial charge on any atom is -0.353 e. The van der Waals surface area contributed by atoms with Gasteiger partial charge in [-0.25, -0.2) is 0 Å². The molecule has 4 heterocycles. The molecule has 0 aromatic heterocycles. The zero-order valence-corrected chi connectivity index (χ0v) is 28.1. The van der Waals surface area contributed by atoms with Crippen LogP contribution >= 0.6 is 0 Å². The van der Waals surface area contributed by atoms with Crippen LogP contribution in [0.2, 0.25) is 0 Å². The first-order valence-electron chi connectivity index (χ1n) is 19.4. The van der Waals surface area contributed by atoms with Gasteiger partial charge in [0.15, 0.2) is 0 Å². The van der Waals surface area contributed by atoms with Crippen LogP contribution in [0, 0.1) is 23.7 Å². The third-order valence-corrected chi connectivity index (χ3v) is 13.9. The summed E-state index contributed by atoms with van der Waals surface area (Å²) in [4.78, 5) is 31.7. The molecule has 2 aromatic rings. The molecule has 6 nitrogen and oxygen atoms in total. The van der Waals surface area contributed by atoms with E-state index in [0.717, 1.165) is 43.9 Å². The normalized spacial score (nSPS) is 37.0. The van der Waals surface area contributed by atoms with Crippen molar-refractivity contribution in [3.05, 3.63) is 70.8 Å². The molecule has 2 unspecified atom stereocenters. The van der Waals surface area contributed by atoms with Crippen molar-refractivity contribution in [1.82, 2.24) is 20.4 Å². The summed E-state index contributed by atoms with van der Waals surface area (Å²) in [6.07, 6.45) is 17.8. The van der Waals surface area contributed by atoms with E-state index in [4.69, 9.17) is 0 Å². The van der Waals surface area contributed by atoms with Gasteiger partial charge in [-0.05, 0) is 143 Å². The average Bonchev–Trinajstić information content (AvgIpc) is 3.36. The molecule has 47 heavy (non-hydrogen) atoms.